The summed E-state index contributed by atoms with van der Waals surface area (Å²) in [5, 5.41) is 10.6. The van der Waals surface area contributed by atoms with Crippen LogP contribution in [0.2, 0.25) is 0 Å². The average molecular weight is 624 g/mol. The highest BCUT2D eigenvalue weighted by atomic mass is 32.2. The molecule has 43 heavy (non-hydrogen) atoms. The Morgan fingerprint density at radius 2 is 1.51 bits per heavy atom. The first kappa shape index (κ1) is 33.8. The van der Waals surface area contributed by atoms with Crippen LogP contribution in [0.4, 0.5) is 13.2 Å². The molecule has 0 spiro atoms. The maximum Gasteiger partial charge on any atom is 0.490 e. The summed E-state index contributed by atoms with van der Waals surface area (Å²) in [5.41, 5.74) is 3.87. The Bertz CT molecular complexity index is 1450. The number of nitrogens with one attached hydrogen (secondary N) is 2. The van der Waals surface area contributed by atoms with Gasteiger partial charge >= 0.3 is 12.1 Å². The van der Waals surface area contributed by atoms with Gasteiger partial charge in [-0.25, -0.2) is 17.9 Å². The van der Waals surface area contributed by atoms with Crippen molar-refractivity contribution in [2.75, 3.05) is 40.4 Å². The highest BCUT2D eigenvalue weighted by Gasteiger charge is 2.38. The smallest absolute Gasteiger partial charge is 0.490 e. The minimum Gasteiger partial charge on any atom is -0.496 e. The zero-order valence-electron chi connectivity index (χ0n) is 24.0. The highest BCUT2D eigenvalue weighted by Crippen LogP contribution is 2.35. The van der Waals surface area contributed by atoms with Crippen molar-refractivity contribution in [1.82, 2.24) is 14.9 Å². The molecule has 0 atom stereocenters. The molecule has 0 amide bonds. The molecule has 1 aliphatic rings. The highest BCUT2D eigenvalue weighted by molar-refractivity contribution is 7.89. The number of sulfonamides is 1. The van der Waals surface area contributed by atoms with Crippen LogP contribution in [-0.2, 0) is 27.9 Å². The second kappa shape index (κ2) is 15.7. The van der Waals surface area contributed by atoms with E-state index in [0.717, 1.165) is 36.3 Å². The third-order valence-corrected chi connectivity index (χ3v) is 8.17. The molecule has 0 unspecified atom stereocenters. The normalized spacial score (nSPS) is 13.7. The van der Waals surface area contributed by atoms with Gasteiger partial charge in [0.05, 0.1) is 14.2 Å². The molecule has 234 valence electrons. The standard InChI is InChI=1S/C28H35N3O4S.C2HF3O2/c1-34-26-12-10-23(21-29-20-22-8-4-3-5-9-22)18-25(26)24-11-13-27(35-2)28(19-24)36(32,33)30-14-17-31-15-6-7-16-31;3-2(4,5)1(6)7/h3-5,8-13,18-19,29-30H,6-7,14-17,20-21H2,1-2H3;(H,6,7). The number of aliphatic carboxylic acids is 1. The zero-order chi connectivity index (χ0) is 31.5. The van der Waals surface area contributed by atoms with Crippen molar-refractivity contribution in [2.45, 2.75) is 37.0 Å². The molecule has 1 aliphatic heterocycles. The summed E-state index contributed by atoms with van der Waals surface area (Å²) in [7, 11) is -0.652. The average Bonchev–Trinajstić information content (AvgIpc) is 3.50. The van der Waals surface area contributed by atoms with Gasteiger partial charge in [-0.05, 0) is 66.9 Å². The SMILES string of the molecule is COc1ccc(CNCc2ccccc2)cc1-c1ccc(OC)c(S(=O)(=O)NCCN2CCCC2)c1.O=C(O)C(F)(F)F. The number of rotatable bonds is 12. The molecule has 1 fully saturated rings. The summed E-state index contributed by atoms with van der Waals surface area (Å²) in [6.45, 7) is 4.55. The van der Waals surface area contributed by atoms with E-state index in [2.05, 4.69) is 27.1 Å². The number of ether oxygens (including phenoxy) is 2. The molecule has 4 rings (SSSR count). The molecule has 3 N–H and O–H groups in total. The Balaban J connectivity index is 0.000000646. The number of carboxylic acid groups (broad SMARTS) is 1. The number of likely N-dealkylation sites (tertiary alicyclic amines) is 1. The molecule has 9 nitrogen and oxygen atoms in total. The monoisotopic (exact) mass is 623 g/mol. The summed E-state index contributed by atoms with van der Waals surface area (Å²) in [5.74, 6) is -1.77. The number of hydrogen-bond acceptors (Lipinski definition) is 7. The lowest BCUT2D eigenvalue weighted by Crippen LogP contribution is -2.33. The number of alkyl halides is 3. The summed E-state index contributed by atoms with van der Waals surface area (Å²) in [4.78, 5) is 11.3. The second-order valence-corrected chi connectivity index (χ2v) is 11.5. The van der Waals surface area contributed by atoms with Crippen molar-refractivity contribution in [3.05, 3.63) is 77.9 Å². The van der Waals surface area contributed by atoms with Gasteiger partial charge in [-0.2, -0.15) is 13.2 Å². The van der Waals surface area contributed by atoms with Crippen molar-refractivity contribution in [3.8, 4) is 22.6 Å². The van der Waals surface area contributed by atoms with Gasteiger partial charge in [0.15, 0.2) is 0 Å². The van der Waals surface area contributed by atoms with E-state index in [4.69, 9.17) is 19.4 Å². The number of benzene rings is 3. The number of methoxy groups -OCH3 is 2. The predicted octanol–water partition coefficient (Wildman–Crippen LogP) is 4.67. The van der Waals surface area contributed by atoms with E-state index < -0.39 is 22.2 Å². The Kier molecular flexibility index (Phi) is 12.4. The van der Waals surface area contributed by atoms with Crippen LogP contribution in [0.15, 0.2) is 71.6 Å². The van der Waals surface area contributed by atoms with Gasteiger partial charge < -0.3 is 24.8 Å². The number of carboxylic acids is 1. The molecule has 13 heteroatoms. The van der Waals surface area contributed by atoms with Gasteiger partial charge in [0.2, 0.25) is 10.0 Å². The Morgan fingerprint density at radius 3 is 2.12 bits per heavy atom. The van der Waals surface area contributed by atoms with E-state index in [1.54, 1.807) is 19.2 Å². The molecule has 3 aromatic rings. The Morgan fingerprint density at radius 1 is 0.907 bits per heavy atom. The van der Waals surface area contributed by atoms with Crippen molar-refractivity contribution < 1.29 is 41.0 Å². The van der Waals surface area contributed by atoms with Gasteiger partial charge in [-0.15, -0.1) is 0 Å². The predicted molar refractivity (Wildman–Crippen MR) is 157 cm³/mol. The van der Waals surface area contributed by atoms with E-state index in [1.165, 1.54) is 25.5 Å². The molecular formula is C30H36F3N3O6S. The van der Waals surface area contributed by atoms with Crippen LogP contribution >= 0.6 is 0 Å². The third kappa shape index (κ3) is 10.2. The second-order valence-electron chi connectivity index (χ2n) is 9.74. The molecule has 0 radical (unpaired) electrons. The molecule has 0 aliphatic carbocycles. The first-order valence-electron chi connectivity index (χ1n) is 13.6. The van der Waals surface area contributed by atoms with Crippen LogP contribution in [0.1, 0.15) is 24.0 Å². The van der Waals surface area contributed by atoms with E-state index >= 15 is 0 Å². The van der Waals surface area contributed by atoms with Crippen LogP contribution in [0.5, 0.6) is 11.5 Å². The summed E-state index contributed by atoms with van der Waals surface area (Å²) >= 11 is 0. The van der Waals surface area contributed by atoms with Gasteiger partial charge in [0.1, 0.15) is 16.4 Å². The summed E-state index contributed by atoms with van der Waals surface area (Å²) < 4.78 is 71.9. The maximum atomic E-state index is 13.2. The maximum absolute atomic E-state index is 13.2. The van der Waals surface area contributed by atoms with Crippen LogP contribution in [0.25, 0.3) is 11.1 Å². The number of nitrogens with zero attached hydrogens (tertiary/aromatic N) is 1. The lowest BCUT2D eigenvalue weighted by Gasteiger charge is -2.17. The van der Waals surface area contributed by atoms with Crippen molar-refractivity contribution in [2.24, 2.45) is 0 Å². The zero-order valence-corrected chi connectivity index (χ0v) is 24.8. The Labute approximate surface area is 249 Å². The van der Waals surface area contributed by atoms with Crippen LogP contribution in [-0.4, -0.2) is 71.0 Å². The van der Waals surface area contributed by atoms with E-state index in [0.29, 0.717) is 31.1 Å². The first-order chi connectivity index (χ1) is 20.4. The van der Waals surface area contributed by atoms with Crippen LogP contribution in [0, 0.1) is 0 Å². The van der Waals surface area contributed by atoms with Gasteiger partial charge in [0, 0.05) is 31.7 Å². The van der Waals surface area contributed by atoms with Crippen molar-refractivity contribution in [3.63, 3.8) is 0 Å². The molecule has 0 bridgehead atoms. The third-order valence-electron chi connectivity index (χ3n) is 6.69. The van der Waals surface area contributed by atoms with E-state index in [-0.39, 0.29) is 4.90 Å². The quantitative estimate of drug-likeness (QED) is 0.267. The molecule has 1 heterocycles. The lowest BCUT2D eigenvalue weighted by molar-refractivity contribution is -0.192. The van der Waals surface area contributed by atoms with Crippen LogP contribution in [0.3, 0.4) is 0 Å². The number of halogens is 3. The molecule has 0 saturated carbocycles. The van der Waals surface area contributed by atoms with Crippen LogP contribution < -0.4 is 19.5 Å². The van der Waals surface area contributed by atoms with Crippen molar-refractivity contribution >= 4 is 16.0 Å². The van der Waals surface area contributed by atoms with Crippen molar-refractivity contribution in [1.29, 1.82) is 0 Å². The van der Waals surface area contributed by atoms with E-state index in [1.807, 2.05) is 42.5 Å². The summed E-state index contributed by atoms with van der Waals surface area (Å²) in [6.07, 6.45) is -2.74. The van der Waals surface area contributed by atoms with Gasteiger partial charge in [0.25, 0.3) is 0 Å². The minimum absolute atomic E-state index is 0.124. The molecule has 3 aromatic carbocycles. The fourth-order valence-electron chi connectivity index (χ4n) is 4.51. The fourth-order valence-corrected chi connectivity index (χ4v) is 5.73. The first-order valence-corrected chi connectivity index (χ1v) is 15.0. The number of hydrogen-bond donors (Lipinski definition) is 3. The van der Waals surface area contributed by atoms with Gasteiger partial charge in [-0.3, -0.25) is 0 Å². The van der Waals surface area contributed by atoms with E-state index in [9.17, 15) is 21.6 Å². The minimum atomic E-state index is -5.08. The fraction of sp³-hybridized carbons (Fsp3) is 0.367. The van der Waals surface area contributed by atoms with Gasteiger partial charge in [-0.1, -0.05) is 42.5 Å². The molecular weight excluding hydrogens is 587 g/mol. The topological polar surface area (TPSA) is 117 Å². The lowest BCUT2D eigenvalue weighted by atomic mass is 10.0. The Hall–Kier alpha value is -3.65. The number of carbonyl (C=O) groups is 1. The molecule has 0 aromatic heterocycles. The summed E-state index contributed by atoms with van der Waals surface area (Å²) in [6, 6.07) is 21.4. The largest absolute Gasteiger partial charge is 0.496 e. The molecule has 1 saturated heterocycles.